The molecule has 1 nitrogen and oxygen atoms in total. The SMILES string of the molecule is C=C(C)CC(C)(C)C(=O)C(C)(CC)CC. The Balaban J connectivity index is 4.89. The first-order chi connectivity index (χ1) is 6.69. The van der Waals surface area contributed by atoms with Gasteiger partial charge in [0.25, 0.3) is 0 Å². The summed E-state index contributed by atoms with van der Waals surface area (Å²) < 4.78 is 0. The van der Waals surface area contributed by atoms with Crippen LogP contribution in [0.2, 0.25) is 0 Å². The van der Waals surface area contributed by atoms with Crippen molar-refractivity contribution >= 4 is 5.78 Å². The second kappa shape index (κ2) is 4.96. The zero-order chi connectivity index (χ0) is 12.3. The van der Waals surface area contributed by atoms with Crippen LogP contribution in [-0.4, -0.2) is 5.78 Å². The van der Waals surface area contributed by atoms with E-state index in [2.05, 4.69) is 27.4 Å². The van der Waals surface area contributed by atoms with Gasteiger partial charge in [-0.2, -0.15) is 0 Å². The zero-order valence-electron chi connectivity index (χ0n) is 11.2. The van der Waals surface area contributed by atoms with Crippen molar-refractivity contribution in [2.75, 3.05) is 0 Å². The lowest BCUT2D eigenvalue weighted by Crippen LogP contribution is -2.38. The molecule has 0 saturated carbocycles. The lowest BCUT2D eigenvalue weighted by molar-refractivity contribution is -0.137. The second-order valence-electron chi connectivity index (χ2n) is 5.61. The highest BCUT2D eigenvalue weighted by Gasteiger charge is 2.39. The van der Waals surface area contributed by atoms with Gasteiger partial charge in [-0.1, -0.05) is 40.2 Å². The van der Waals surface area contributed by atoms with Crippen molar-refractivity contribution in [3.8, 4) is 0 Å². The number of hydrogen-bond donors (Lipinski definition) is 0. The van der Waals surface area contributed by atoms with Crippen LogP contribution in [0.15, 0.2) is 12.2 Å². The molecule has 0 aliphatic rings. The van der Waals surface area contributed by atoms with Gasteiger partial charge in [0.1, 0.15) is 5.78 Å². The highest BCUT2D eigenvalue weighted by Crippen LogP contribution is 2.38. The molecule has 0 rings (SSSR count). The van der Waals surface area contributed by atoms with Gasteiger partial charge in [0.05, 0.1) is 0 Å². The number of allylic oxidation sites excluding steroid dienone is 1. The molecular weight excluding hydrogens is 184 g/mol. The first-order valence-corrected chi connectivity index (χ1v) is 5.89. The molecule has 0 spiro atoms. The van der Waals surface area contributed by atoms with Gasteiger partial charge in [0, 0.05) is 10.8 Å². The summed E-state index contributed by atoms with van der Waals surface area (Å²) in [5, 5.41) is 0. The fraction of sp³-hybridized carbons (Fsp3) is 0.786. The number of rotatable bonds is 6. The Morgan fingerprint density at radius 2 is 1.53 bits per heavy atom. The molecule has 88 valence electrons. The highest BCUT2D eigenvalue weighted by molar-refractivity contribution is 5.89. The molecule has 0 unspecified atom stereocenters. The maximum atomic E-state index is 12.4. The van der Waals surface area contributed by atoms with E-state index in [0.717, 1.165) is 24.8 Å². The molecule has 0 aromatic heterocycles. The van der Waals surface area contributed by atoms with E-state index in [-0.39, 0.29) is 10.8 Å². The van der Waals surface area contributed by atoms with Gasteiger partial charge in [-0.05, 0) is 26.2 Å². The van der Waals surface area contributed by atoms with Crippen molar-refractivity contribution in [2.45, 2.75) is 60.8 Å². The lowest BCUT2D eigenvalue weighted by atomic mass is 9.68. The fourth-order valence-electron chi connectivity index (χ4n) is 2.22. The maximum Gasteiger partial charge on any atom is 0.144 e. The monoisotopic (exact) mass is 210 g/mol. The molecule has 0 fully saturated rings. The van der Waals surface area contributed by atoms with Gasteiger partial charge in [-0.3, -0.25) is 4.79 Å². The van der Waals surface area contributed by atoms with Crippen molar-refractivity contribution in [2.24, 2.45) is 10.8 Å². The number of ketones is 1. The van der Waals surface area contributed by atoms with Crippen molar-refractivity contribution in [1.29, 1.82) is 0 Å². The molecule has 0 atom stereocenters. The van der Waals surface area contributed by atoms with E-state index in [0.29, 0.717) is 5.78 Å². The third-order valence-electron chi connectivity index (χ3n) is 3.47. The van der Waals surface area contributed by atoms with Gasteiger partial charge in [0.15, 0.2) is 0 Å². The van der Waals surface area contributed by atoms with Gasteiger partial charge in [-0.25, -0.2) is 0 Å². The molecule has 0 heterocycles. The van der Waals surface area contributed by atoms with Crippen LogP contribution in [0.5, 0.6) is 0 Å². The average Bonchev–Trinajstić information content (AvgIpc) is 2.13. The Hall–Kier alpha value is -0.590. The summed E-state index contributed by atoms with van der Waals surface area (Å²) in [7, 11) is 0. The topological polar surface area (TPSA) is 17.1 Å². The highest BCUT2D eigenvalue weighted by atomic mass is 16.1. The second-order valence-corrected chi connectivity index (χ2v) is 5.61. The summed E-state index contributed by atoms with van der Waals surface area (Å²) >= 11 is 0. The average molecular weight is 210 g/mol. The van der Waals surface area contributed by atoms with Crippen molar-refractivity contribution < 1.29 is 4.79 Å². The van der Waals surface area contributed by atoms with E-state index in [4.69, 9.17) is 0 Å². The normalized spacial score (nSPS) is 12.7. The van der Waals surface area contributed by atoms with Crippen molar-refractivity contribution in [1.82, 2.24) is 0 Å². The maximum absolute atomic E-state index is 12.4. The Labute approximate surface area is 95.0 Å². The van der Waals surface area contributed by atoms with Crippen LogP contribution in [-0.2, 0) is 4.79 Å². The van der Waals surface area contributed by atoms with Crippen LogP contribution < -0.4 is 0 Å². The number of carbonyl (C=O) groups excluding carboxylic acids is 1. The largest absolute Gasteiger partial charge is 0.298 e. The van der Waals surface area contributed by atoms with E-state index >= 15 is 0 Å². The lowest BCUT2D eigenvalue weighted by Gasteiger charge is -2.35. The molecule has 0 radical (unpaired) electrons. The van der Waals surface area contributed by atoms with Gasteiger partial charge in [0.2, 0.25) is 0 Å². The Morgan fingerprint density at radius 1 is 1.13 bits per heavy atom. The minimum atomic E-state index is -0.271. The van der Waals surface area contributed by atoms with Crippen LogP contribution in [0.3, 0.4) is 0 Å². The minimum absolute atomic E-state index is 0.168. The van der Waals surface area contributed by atoms with E-state index in [1.807, 2.05) is 20.8 Å². The first kappa shape index (κ1) is 14.4. The molecule has 0 aliphatic heterocycles. The van der Waals surface area contributed by atoms with Crippen LogP contribution >= 0.6 is 0 Å². The standard InChI is InChI=1S/C14H26O/c1-8-14(7,9-2)12(15)13(5,6)10-11(3)4/h3,8-10H2,1-2,4-7H3. The van der Waals surface area contributed by atoms with E-state index < -0.39 is 0 Å². The van der Waals surface area contributed by atoms with Crippen LogP contribution in [0.25, 0.3) is 0 Å². The summed E-state index contributed by atoms with van der Waals surface area (Å²) in [5.74, 6) is 0.378. The van der Waals surface area contributed by atoms with Crippen molar-refractivity contribution in [3.63, 3.8) is 0 Å². The molecule has 0 aliphatic carbocycles. The summed E-state index contributed by atoms with van der Waals surface area (Å²) in [6.07, 6.45) is 2.63. The predicted molar refractivity (Wildman–Crippen MR) is 66.9 cm³/mol. The van der Waals surface area contributed by atoms with Crippen LogP contribution in [0, 0.1) is 10.8 Å². The third-order valence-corrected chi connectivity index (χ3v) is 3.47. The number of Topliss-reactive ketones (excluding diaryl/α,β-unsaturated/α-hetero) is 1. The smallest absolute Gasteiger partial charge is 0.144 e. The Morgan fingerprint density at radius 3 is 1.80 bits per heavy atom. The molecule has 0 aromatic rings. The first-order valence-electron chi connectivity index (χ1n) is 5.89. The number of carbonyl (C=O) groups is 1. The van der Waals surface area contributed by atoms with Crippen LogP contribution in [0.1, 0.15) is 60.8 Å². The molecule has 0 N–H and O–H groups in total. The summed E-state index contributed by atoms with van der Waals surface area (Å²) in [6.45, 7) is 16.2. The van der Waals surface area contributed by atoms with E-state index in [1.54, 1.807) is 0 Å². The van der Waals surface area contributed by atoms with E-state index in [1.165, 1.54) is 0 Å². The molecule has 1 heteroatoms. The van der Waals surface area contributed by atoms with E-state index in [9.17, 15) is 4.79 Å². The number of hydrogen-bond acceptors (Lipinski definition) is 1. The molecule has 0 amide bonds. The molecule has 0 bridgehead atoms. The quantitative estimate of drug-likeness (QED) is 0.595. The molecule has 15 heavy (non-hydrogen) atoms. The van der Waals surface area contributed by atoms with Gasteiger partial charge >= 0.3 is 0 Å². The summed E-state index contributed by atoms with van der Waals surface area (Å²) in [4.78, 5) is 12.4. The molecule has 0 saturated heterocycles. The third kappa shape index (κ3) is 3.48. The Bertz CT molecular complexity index is 244. The zero-order valence-corrected chi connectivity index (χ0v) is 11.2. The predicted octanol–water partition coefficient (Wildman–Crippen LogP) is 4.37. The van der Waals surface area contributed by atoms with Gasteiger partial charge in [-0.15, -0.1) is 6.58 Å². The molecule has 0 aromatic carbocycles. The van der Waals surface area contributed by atoms with Crippen LogP contribution in [0.4, 0.5) is 0 Å². The minimum Gasteiger partial charge on any atom is -0.298 e. The Kier molecular flexibility index (Phi) is 4.76. The van der Waals surface area contributed by atoms with Crippen molar-refractivity contribution in [3.05, 3.63) is 12.2 Å². The summed E-state index contributed by atoms with van der Waals surface area (Å²) in [6, 6.07) is 0. The fourth-order valence-corrected chi connectivity index (χ4v) is 2.22. The van der Waals surface area contributed by atoms with Gasteiger partial charge < -0.3 is 0 Å². The summed E-state index contributed by atoms with van der Waals surface area (Å²) in [5.41, 5.74) is 0.647. The molecular formula is C14H26O.